The Labute approximate surface area is 110 Å². The lowest BCUT2D eigenvalue weighted by atomic mass is 9.89. The Kier molecular flexibility index (Phi) is 3.96. The summed E-state index contributed by atoms with van der Waals surface area (Å²) in [5.74, 6) is 0.872. The van der Waals surface area contributed by atoms with Gasteiger partial charge in [0.1, 0.15) is 11.9 Å². The molecule has 1 aliphatic carbocycles. The molecule has 0 aromatic heterocycles. The van der Waals surface area contributed by atoms with Crippen molar-refractivity contribution in [2.75, 3.05) is 0 Å². The highest BCUT2D eigenvalue weighted by Gasteiger charge is 2.42. The first-order valence-corrected chi connectivity index (χ1v) is 6.96. The third-order valence-electron chi connectivity index (χ3n) is 3.98. The molecule has 100 valence electrons. The summed E-state index contributed by atoms with van der Waals surface area (Å²) in [6.07, 6.45) is 3.80. The van der Waals surface area contributed by atoms with Gasteiger partial charge in [0.25, 0.3) is 0 Å². The Balaban J connectivity index is 1.98. The molecule has 2 heteroatoms. The molecule has 1 fully saturated rings. The molecule has 1 aromatic rings. The molecule has 1 saturated carbocycles. The lowest BCUT2D eigenvalue weighted by Crippen LogP contribution is -2.34. The van der Waals surface area contributed by atoms with E-state index in [2.05, 4.69) is 32.9 Å². The number of aliphatic hydroxyl groups is 1. The van der Waals surface area contributed by atoms with Gasteiger partial charge in [0.05, 0.1) is 6.10 Å². The lowest BCUT2D eigenvalue weighted by Gasteiger charge is -2.25. The van der Waals surface area contributed by atoms with E-state index in [-0.39, 0.29) is 17.6 Å². The first-order valence-electron chi connectivity index (χ1n) is 6.96. The van der Waals surface area contributed by atoms with Gasteiger partial charge >= 0.3 is 0 Å². The number of aliphatic hydroxyl groups excluding tert-OH is 1. The molecule has 2 atom stereocenters. The normalized spacial score (nSPS) is 26.2. The van der Waals surface area contributed by atoms with Crippen molar-refractivity contribution in [2.45, 2.75) is 58.7 Å². The van der Waals surface area contributed by atoms with Gasteiger partial charge in [-0.3, -0.25) is 0 Å². The summed E-state index contributed by atoms with van der Waals surface area (Å²) in [7, 11) is 0. The minimum atomic E-state index is -0.368. The Hall–Kier alpha value is -1.02. The maximum absolute atomic E-state index is 10.2. The molecule has 1 aliphatic rings. The second kappa shape index (κ2) is 5.31. The van der Waals surface area contributed by atoms with E-state index < -0.39 is 0 Å². The molecule has 0 amide bonds. The molecular formula is C16H24O2. The van der Waals surface area contributed by atoms with Gasteiger partial charge in [-0.2, -0.15) is 0 Å². The number of ether oxygens (including phenoxy) is 1. The molecule has 18 heavy (non-hydrogen) atoms. The summed E-state index contributed by atoms with van der Waals surface area (Å²) in [6, 6.07) is 8.27. The number of rotatable bonds is 4. The molecule has 0 aliphatic heterocycles. The summed E-state index contributed by atoms with van der Waals surface area (Å²) < 4.78 is 5.91. The molecule has 0 radical (unpaired) electrons. The highest BCUT2D eigenvalue weighted by atomic mass is 16.5. The third kappa shape index (κ3) is 2.86. The average Bonchev–Trinajstić information content (AvgIpc) is 2.59. The first kappa shape index (κ1) is 13.4. The smallest absolute Gasteiger partial charge is 0.125 e. The zero-order chi connectivity index (χ0) is 13.2. The second-order valence-corrected chi connectivity index (χ2v) is 6.02. The SMILES string of the molecule is CCCc1ccc(OC2CCC(C)(C)C2O)cc1. The van der Waals surface area contributed by atoms with Crippen molar-refractivity contribution in [2.24, 2.45) is 5.41 Å². The van der Waals surface area contributed by atoms with Gasteiger partial charge in [0, 0.05) is 0 Å². The third-order valence-corrected chi connectivity index (χ3v) is 3.98. The van der Waals surface area contributed by atoms with Crippen LogP contribution in [0.25, 0.3) is 0 Å². The van der Waals surface area contributed by atoms with Crippen LogP contribution in [-0.4, -0.2) is 17.3 Å². The minimum Gasteiger partial charge on any atom is -0.488 e. The zero-order valence-corrected chi connectivity index (χ0v) is 11.6. The molecule has 0 bridgehead atoms. The number of benzene rings is 1. The largest absolute Gasteiger partial charge is 0.488 e. The van der Waals surface area contributed by atoms with Crippen molar-refractivity contribution in [3.8, 4) is 5.75 Å². The molecule has 2 unspecified atom stereocenters. The maximum Gasteiger partial charge on any atom is 0.125 e. The number of hydrogen-bond acceptors (Lipinski definition) is 2. The van der Waals surface area contributed by atoms with Crippen molar-refractivity contribution < 1.29 is 9.84 Å². The Morgan fingerprint density at radius 3 is 2.44 bits per heavy atom. The summed E-state index contributed by atoms with van der Waals surface area (Å²) in [5.41, 5.74) is 1.32. The van der Waals surface area contributed by atoms with Crippen molar-refractivity contribution in [1.82, 2.24) is 0 Å². The van der Waals surface area contributed by atoms with Crippen LogP contribution in [0, 0.1) is 5.41 Å². The standard InChI is InChI=1S/C16H24O2/c1-4-5-12-6-8-13(9-7-12)18-14-10-11-16(2,3)15(14)17/h6-9,14-15,17H,4-5,10-11H2,1-3H3. The van der Waals surface area contributed by atoms with Gasteiger partial charge in [-0.1, -0.05) is 39.3 Å². The van der Waals surface area contributed by atoms with E-state index in [1.807, 2.05) is 12.1 Å². The van der Waals surface area contributed by atoms with E-state index >= 15 is 0 Å². The Bertz CT molecular complexity index is 381. The minimum absolute atomic E-state index is 0.0210. The van der Waals surface area contributed by atoms with E-state index in [1.54, 1.807) is 0 Å². The highest BCUT2D eigenvalue weighted by molar-refractivity contribution is 5.27. The van der Waals surface area contributed by atoms with Crippen LogP contribution in [0.3, 0.4) is 0 Å². The van der Waals surface area contributed by atoms with Gasteiger partial charge in [0.15, 0.2) is 0 Å². The predicted octanol–water partition coefficient (Wildman–Crippen LogP) is 3.57. The molecule has 2 rings (SSSR count). The lowest BCUT2D eigenvalue weighted by molar-refractivity contribution is 0.00492. The van der Waals surface area contributed by atoms with Crippen LogP contribution in [0.2, 0.25) is 0 Å². The van der Waals surface area contributed by atoms with Crippen LogP contribution in [0.4, 0.5) is 0 Å². The monoisotopic (exact) mass is 248 g/mol. The Morgan fingerprint density at radius 1 is 1.28 bits per heavy atom. The first-order chi connectivity index (χ1) is 8.53. The van der Waals surface area contributed by atoms with Crippen LogP contribution < -0.4 is 4.74 Å². The quantitative estimate of drug-likeness (QED) is 0.882. The topological polar surface area (TPSA) is 29.5 Å². The van der Waals surface area contributed by atoms with Crippen LogP contribution in [0.15, 0.2) is 24.3 Å². The van der Waals surface area contributed by atoms with Gasteiger partial charge in [-0.05, 0) is 42.4 Å². The fraction of sp³-hybridized carbons (Fsp3) is 0.625. The summed E-state index contributed by atoms with van der Waals surface area (Å²) in [5, 5.41) is 10.2. The molecule has 1 aromatic carbocycles. The highest BCUT2D eigenvalue weighted by Crippen LogP contribution is 2.39. The summed E-state index contributed by atoms with van der Waals surface area (Å²) in [6.45, 7) is 6.39. The van der Waals surface area contributed by atoms with Crippen LogP contribution >= 0.6 is 0 Å². The van der Waals surface area contributed by atoms with Gasteiger partial charge in [-0.25, -0.2) is 0 Å². The van der Waals surface area contributed by atoms with Crippen molar-refractivity contribution in [1.29, 1.82) is 0 Å². The molecular weight excluding hydrogens is 224 g/mol. The molecule has 1 N–H and O–H groups in total. The summed E-state index contributed by atoms with van der Waals surface area (Å²) >= 11 is 0. The zero-order valence-electron chi connectivity index (χ0n) is 11.6. The maximum atomic E-state index is 10.2. The predicted molar refractivity (Wildman–Crippen MR) is 73.9 cm³/mol. The van der Waals surface area contributed by atoms with Gasteiger partial charge in [-0.15, -0.1) is 0 Å². The number of aryl methyl sites for hydroxylation is 1. The average molecular weight is 248 g/mol. The van der Waals surface area contributed by atoms with Gasteiger partial charge < -0.3 is 9.84 Å². The van der Waals surface area contributed by atoms with E-state index in [9.17, 15) is 5.11 Å². The Morgan fingerprint density at radius 2 is 1.94 bits per heavy atom. The van der Waals surface area contributed by atoms with Crippen LogP contribution in [0.5, 0.6) is 5.75 Å². The van der Waals surface area contributed by atoms with Crippen molar-refractivity contribution >= 4 is 0 Å². The van der Waals surface area contributed by atoms with Crippen molar-refractivity contribution in [3.63, 3.8) is 0 Å². The fourth-order valence-corrected chi connectivity index (χ4v) is 2.64. The van der Waals surface area contributed by atoms with Crippen LogP contribution in [0.1, 0.15) is 45.6 Å². The molecule has 0 spiro atoms. The van der Waals surface area contributed by atoms with Gasteiger partial charge in [0.2, 0.25) is 0 Å². The molecule has 0 saturated heterocycles. The van der Waals surface area contributed by atoms with E-state index in [1.165, 1.54) is 5.56 Å². The van der Waals surface area contributed by atoms with E-state index in [0.29, 0.717) is 0 Å². The summed E-state index contributed by atoms with van der Waals surface area (Å²) in [4.78, 5) is 0. The number of hydrogen-bond donors (Lipinski definition) is 1. The van der Waals surface area contributed by atoms with Crippen LogP contribution in [-0.2, 0) is 6.42 Å². The van der Waals surface area contributed by atoms with E-state index in [0.717, 1.165) is 31.4 Å². The molecule has 2 nitrogen and oxygen atoms in total. The second-order valence-electron chi connectivity index (χ2n) is 6.02. The van der Waals surface area contributed by atoms with E-state index in [4.69, 9.17) is 4.74 Å². The fourth-order valence-electron chi connectivity index (χ4n) is 2.64. The molecule has 0 heterocycles. The van der Waals surface area contributed by atoms with Crippen molar-refractivity contribution in [3.05, 3.63) is 29.8 Å².